The Kier molecular flexibility index (Phi) is 6.91. The molecule has 0 bridgehead atoms. The largest absolute Gasteiger partial charge is 0.450 e. The van der Waals surface area contributed by atoms with Gasteiger partial charge in [-0.2, -0.15) is 0 Å². The lowest BCUT2D eigenvalue weighted by Crippen LogP contribution is -2.41. The Morgan fingerprint density at radius 2 is 1.95 bits per heavy atom. The number of carbonyl (C=O) groups excluding carboxylic acids is 1. The number of hydrogen-bond donors (Lipinski definition) is 1. The van der Waals surface area contributed by atoms with Crippen LogP contribution in [0, 0.1) is 0 Å². The summed E-state index contributed by atoms with van der Waals surface area (Å²) < 4.78 is 3.09. The van der Waals surface area contributed by atoms with Gasteiger partial charge in [0.2, 0.25) is 3.79 Å². The molecule has 1 N–H and O–H groups in total. The topological polar surface area (TPSA) is 38.3 Å². The summed E-state index contributed by atoms with van der Waals surface area (Å²) in [4.78, 5) is 12.2. The van der Waals surface area contributed by atoms with Crippen LogP contribution in [0.15, 0.2) is 29.2 Å². The maximum absolute atomic E-state index is 11.4. The lowest BCUT2D eigenvalue weighted by Gasteiger charge is -2.24. The van der Waals surface area contributed by atoms with Crippen LogP contribution in [0.3, 0.4) is 0 Å². The molecule has 0 saturated carbocycles. The Morgan fingerprint density at radius 1 is 1.37 bits per heavy atom. The first-order valence-corrected chi connectivity index (χ1v) is 7.64. The van der Waals surface area contributed by atoms with E-state index in [1.807, 2.05) is 0 Å². The first kappa shape index (κ1) is 17.1. The zero-order valence-electron chi connectivity index (χ0n) is 9.83. The van der Waals surface area contributed by atoms with Crippen molar-refractivity contribution in [3.63, 3.8) is 0 Å². The van der Waals surface area contributed by atoms with E-state index in [-0.39, 0.29) is 6.61 Å². The van der Waals surface area contributed by atoms with Gasteiger partial charge in [0.25, 0.3) is 0 Å². The number of rotatable bonds is 4. The minimum Gasteiger partial charge on any atom is -0.450 e. The van der Waals surface area contributed by atoms with Crippen LogP contribution >= 0.6 is 58.2 Å². The van der Waals surface area contributed by atoms with Crippen LogP contribution in [-0.2, 0) is 4.74 Å². The molecule has 1 atom stereocenters. The molecule has 0 unspecified atom stereocenters. The highest BCUT2D eigenvalue weighted by Gasteiger charge is 2.35. The van der Waals surface area contributed by atoms with Crippen LogP contribution in [0.5, 0.6) is 0 Å². The lowest BCUT2D eigenvalue weighted by molar-refractivity contribution is 0.151. The van der Waals surface area contributed by atoms with Crippen molar-refractivity contribution < 1.29 is 9.53 Å². The molecular weight excluding hydrogens is 352 g/mol. The van der Waals surface area contributed by atoms with Gasteiger partial charge >= 0.3 is 6.09 Å². The second-order valence-electron chi connectivity index (χ2n) is 3.36. The van der Waals surface area contributed by atoms with Crippen LogP contribution in [0.1, 0.15) is 6.92 Å². The fourth-order valence-electron chi connectivity index (χ4n) is 1.11. The van der Waals surface area contributed by atoms with Crippen molar-refractivity contribution >= 4 is 64.3 Å². The predicted octanol–water partition coefficient (Wildman–Crippen LogP) is 4.87. The van der Waals surface area contributed by atoms with Gasteiger partial charge in [0.1, 0.15) is 5.37 Å². The smallest absolute Gasteiger partial charge is 0.408 e. The normalized spacial score (nSPS) is 12.9. The van der Waals surface area contributed by atoms with Crippen LogP contribution < -0.4 is 5.32 Å². The number of alkyl halides is 3. The minimum absolute atomic E-state index is 0.240. The average Bonchev–Trinajstić information content (AvgIpc) is 2.30. The van der Waals surface area contributed by atoms with Gasteiger partial charge < -0.3 is 10.1 Å². The van der Waals surface area contributed by atoms with Crippen molar-refractivity contribution in [2.45, 2.75) is 21.0 Å². The molecule has 8 heteroatoms. The van der Waals surface area contributed by atoms with E-state index in [2.05, 4.69) is 5.32 Å². The maximum Gasteiger partial charge on any atom is 0.408 e. The summed E-state index contributed by atoms with van der Waals surface area (Å²) in [5.74, 6) is 0. The van der Waals surface area contributed by atoms with Gasteiger partial charge in [-0.05, 0) is 31.2 Å². The Hall–Kier alpha value is -0.000000000000000111. The molecule has 0 aromatic heterocycles. The van der Waals surface area contributed by atoms with E-state index < -0.39 is 15.3 Å². The van der Waals surface area contributed by atoms with E-state index in [1.54, 1.807) is 31.2 Å². The van der Waals surface area contributed by atoms with Crippen molar-refractivity contribution in [2.24, 2.45) is 0 Å². The molecular formula is C11H11Cl4NO2S. The summed E-state index contributed by atoms with van der Waals surface area (Å²) in [6, 6.07) is 6.96. The molecule has 0 fully saturated rings. The van der Waals surface area contributed by atoms with E-state index in [4.69, 9.17) is 51.1 Å². The Labute approximate surface area is 135 Å². The molecule has 1 amide bonds. The number of nitrogens with one attached hydrogen (secondary N) is 1. The van der Waals surface area contributed by atoms with Gasteiger partial charge in [-0.25, -0.2) is 4.79 Å². The van der Waals surface area contributed by atoms with Crippen LogP contribution in [0.25, 0.3) is 0 Å². The number of benzene rings is 1. The quantitative estimate of drug-likeness (QED) is 0.471. The first-order chi connectivity index (χ1) is 8.82. The number of alkyl carbamates (subject to hydrolysis) is 1. The molecule has 1 aromatic rings. The van der Waals surface area contributed by atoms with E-state index in [0.717, 1.165) is 4.90 Å². The van der Waals surface area contributed by atoms with Gasteiger partial charge in [-0.15, -0.1) is 0 Å². The SMILES string of the molecule is CCOC(=O)N[C@H](Sc1ccc(Cl)cc1)C(Cl)(Cl)Cl. The Bertz CT molecular complexity index is 422. The zero-order valence-corrected chi connectivity index (χ0v) is 13.7. The molecule has 0 heterocycles. The van der Waals surface area contributed by atoms with Gasteiger partial charge in [0, 0.05) is 9.92 Å². The molecule has 0 aliphatic heterocycles. The highest BCUT2D eigenvalue weighted by atomic mass is 35.6. The molecule has 1 aromatic carbocycles. The van der Waals surface area contributed by atoms with E-state index in [1.165, 1.54) is 11.8 Å². The Balaban J connectivity index is 2.75. The van der Waals surface area contributed by atoms with Gasteiger partial charge in [-0.1, -0.05) is 58.2 Å². The van der Waals surface area contributed by atoms with E-state index >= 15 is 0 Å². The van der Waals surface area contributed by atoms with Gasteiger partial charge in [-0.3, -0.25) is 0 Å². The van der Waals surface area contributed by atoms with Crippen molar-refractivity contribution in [1.29, 1.82) is 0 Å². The molecule has 106 valence electrons. The fourth-order valence-corrected chi connectivity index (χ4v) is 2.65. The van der Waals surface area contributed by atoms with E-state index in [0.29, 0.717) is 5.02 Å². The summed E-state index contributed by atoms with van der Waals surface area (Å²) in [7, 11) is 0. The minimum atomic E-state index is -1.67. The molecule has 0 aliphatic carbocycles. The Morgan fingerprint density at radius 3 is 2.42 bits per heavy atom. The van der Waals surface area contributed by atoms with Crippen molar-refractivity contribution in [3.05, 3.63) is 29.3 Å². The molecule has 0 aliphatic rings. The monoisotopic (exact) mass is 361 g/mol. The number of halogens is 4. The fraction of sp³-hybridized carbons (Fsp3) is 0.364. The summed E-state index contributed by atoms with van der Waals surface area (Å²) in [5, 5.41) is 2.32. The van der Waals surface area contributed by atoms with Gasteiger partial charge in [0.15, 0.2) is 0 Å². The van der Waals surface area contributed by atoms with E-state index in [9.17, 15) is 4.79 Å². The van der Waals surface area contributed by atoms with Gasteiger partial charge in [0.05, 0.1) is 6.61 Å². The van der Waals surface area contributed by atoms with Crippen LogP contribution in [-0.4, -0.2) is 21.9 Å². The molecule has 19 heavy (non-hydrogen) atoms. The standard InChI is InChI=1S/C11H11Cl4NO2S/c1-2-18-10(17)16-9(11(13,14)15)19-8-5-3-7(12)4-6-8/h3-6,9H,2H2,1H3,(H,16,17)/t9-/m1/s1. The number of hydrogen-bond acceptors (Lipinski definition) is 3. The molecule has 3 nitrogen and oxygen atoms in total. The average molecular weight is 363 g/mol. The molecule has 0 radical (unpaired) electrons. The third-order valence-electron chi connectivity index (χ3n) is 1.89. The van der Waals surface area contributed by atoms with Crippen molar-refractivity contribution in [2.75, 3.05) is 6.61 Å². The molecule has 0 spiro atoms. The number of carbonyl (C=O) groups is 1. The third kappa shape index (κ3) is 6.32. The van der Waals surface area contributed by atoms with Crippen LogP contribution in [0.2, 0.25) is 5.02 Å². The summed E-state index contributed by atoms with van der Waals surface area (Å²) >= 11 is 24.5. The highest BCUT2D eigenvalue weighted by molar-refractivity contribution is 8.00. The summed E-state index contributed by atoms with van der Waals surface area (Å²) in [5.41, 5.74) is 0. The lowest BCUT2D eigenvalue weighted by atomic mass is 10.4. The maximum atomic E-state index is 11.4. The number of thioether (sulfide) groups is 1. The second-order valence-corrected chi connectivity index (χ2v) is 7.34. The number of amides is 1. The van der Waals surface area contributed by atoms with Crippen molar-refractivity contribution in [1.82, 2.24) is 5.32 Å². The summed E-state index contributed by atoms with van der Waals surface area (Å²) in [6.45, 7) is 1.93. The third-order valence-corrected chi connectivity index (χ3v) is 4.44. The number of ether oxygens (including phenoxy) is 1. The zero-order chi connectivity index (χ0) is 14.5. The van der Waals surface area contributed by atoms with Crippen LogP contribution in [0.4, 0.5) is 4.79 Å². The summed E-state index contributed by atoms with van der Waals surface area (Å²) in [6.07, 6.45) is -0.639. The second kappa shape index (κ2) is 7.70. The highest BCUT2D eigenvalue weighted by Crippen LogP contribution is 2.39. The van der Waals surface area contributed by atoms with Crippen molar-refractivity contribution in [3.8, 4) is 0 Å². The first-order valence-electron chi connectivity index (χ1n) is 5.25. The molecule has 0 saturated heterocycles. The predicted molar refractivity (Wildman–Crippen MR) is 81.5 cm³/mol. The molecule has 1 rings (SSSR count).